The molecule has 6 bridgehead atoms. The number of hydrogen-bond acceptors (Lipinski definition) is 6. The minimum absolute atomic E-state index is 0.0717. The third kappa shape index (κ3) is 1.82. The first-order chi connectivity index (χ1) is 10.5. The summed E-state index contributed by atoms with van der Waals surface area (Å²) in [7, 11) is 4.25. The minimum atomic E-state index is -0.219. The molecule has 0 saturated carbocycles. The normalized spacial score (nSPS) is 61.1. The van der Waals surface area contributed by atoms with E-state index in [1.807, 2.05) is 0 Å². The number of aliphatic hydroxyl groups excluding tert-OH is 2. The second-order valence-electron chi connectivity index (χ2n) is 7.98. The van der Waals surface area contributed by atoms with Gasteiger partial charge in [-0.1, -0.05) is 0 Å². The van der Waals surface area contributed by atoms with Crippen LogP contribution in [0.5, 0.6) is 0 Å². The maximum atomic E-state index is 9.71. The van der Waals surface area contributed by atoms with Crippen molar-refractivity contribution in [3.8, 4) is 0 Å². The molecule has 7 saturated heterocycles. The van der Waals surface area contributed by atoms with Crippen molar-refractivity contribution in [1.29, 1.82) is 0 Å². The van der Waals surface area contributed by atoms with Crippen molar-refractivity contribution in [2.75, 3.05) is 14.1 Å². The predicted octanol–water partition coefficient (Wildman–Crippen LogP) is -0.818. The van der Waals surface area contributed by atoms with Gasteiger partial charge in [0.15, 0.2) is 0 Å². The number of aliphatic hydroxyl groups is 2. The first-order valence-electron chi connectivity index (χ1n) is 8.65. The van der Waals surface area contributed by atoms with Gasteiger partial charge in [0.2, 0.25) is 0 Å². The fraction of sp³-hybridized carbons (Fsp3) is 1.00. The zero-order valence-corrected chi connectivity index (χ0v) is 13.2. The first kappa shape index (κ1) is 14.1. The predicted molar refractivity (Wildman–Crippen MR) is 78.5 cm³/mol. The van der Waals surface area contributed by atoms with Gasteiger partial charge in [0, 0.05) is 24.2 Å². The van der Waals surface area contributed by atoms with Gasteiger partial charge in [-0.05, 0) is 39.8 Å². The van der Waals surface area contributed by atoms with E-state index in [-0.39, 0.29) is 18.3 Å². The van der Waals surface area contributed by atoms with E-state index in [4.69, 9.17) is 9.47 Å². The molecule has 0 aromatic rings. The third-order valence-electron chi connectivity index (χ3n) is 6.91. The molecule has 22 heavy (non-hydrogen) atoms. The highest BCUT2D eigenvalue weighted by Gasteiger charge is 2.62. The Morgan fingerprint density at radius 1 is 0.727 bits per heavy atom. The highest BCUT2D eigenvalue weighted by molar-refractivity contribution is 5.14. The molecule has 0 spiro atoms. The van der Waals surface area contributed by atoms with Crippen LogP contribution in [0.25, 0.3) is 0 Å². The van der Waals surface area contributed by atoms with Crippen LogP contribution in [-0.2, 0) is 9.47 Å². The average molecular weight is 310 g/mol. The molecule has 7 rings (SSSR count). The molecule has 9 atom stereocenters. The monoisotopic (exact) mass is 310 g/mol. The summed E-state index contributed by atoms with van der Waals surface area (Å²) in [5.41, 5.74) is 0. The van der Waals surface area contributed by atoms with Crippen molar-refractivity contribution in [3.05, 3.63) is 0 Å². The molecule has 6 nitrogen and oxygen atoms in total. The maximum Gasteiger partial charge on any atom is 0.101 e. The summed E-state index contributed by atoms with van der Waals surface area (Å²) in [5, 5.41) is 19.2. The van der Waals surface area contributed by atoms with Crippen LogP contribution in [0, 0.1) is 0 Å². The van der Waals surface area contributed by atoms with Crippen molar-refractivity contribution in [1.82, 2.24) is 9.80 Å². The molecule has 6 heteroatoms. The van der Waals surface area contributed by atoms with Gasteiger partial charge in [-0.2, -0.15) is 0 Å². The number of ether oxygens (including phenoxy) is 2. The Hall–Kier alpha value is -0.240. The zero-order chi connectivity index (χ0) is 15.2. The minimum Gasteiger partial charge on any atom is -0.393 e. The van der Waals surface area contributed by atoms with Crippen LogP contribution in [0.1, 0.15) is 25.7 Å². The summed E-state index contributed by atoms with van der Waals surface area (Å²) in [4.78, 5) is 4.67. The van der Waals surface area contributed by atoms with Crippen LogP contribution in [0.4, 0.5) is 0 Å². The summed E-state index contributed by atoms with van der Waals surface area (Å²) >= 11 is 0. The van der Waals surface area contributed by atoms with E-state index in [0.717, 1.165) is 25.7 Å². The number of hydrogen-bond donors (Lipinski definition) is 2. The maximum absolute atomic E-state index is 9.71. The largest absolute Gasteiger partial charge is 0.393 e. The number of nitrogens with zero attached hydrogens (tertiary/aromatic N) is 2. The van der Waals surface area contributed by atoms with Gasteiger partial charge in [0.05, 0.1) is 18.3 Å². The summed E-state index contributed by atoms with van der Waals surface area (Å²) < 4.78 is 11.1. The number of epoxide rings is 1. The van der Waals surface area contributed by atoms with Crippen LogP contribution >= 0.6 is 0 Å². The molecule has 2 N–H and O–H groups in total. The number of fused-ring (bicyclic) bond motifs is 5. The van der Waals surface area contributed by atoms with Crippen LogP contribution in [-0.4, -0.2) is 94.9 Å². The lowest BCUT2D eigenvalue weighted by atomic mass is 10.00. The molecule has 9 unspecified atom stereocenters. The summed E-state index contributed by atoms with van der Waals surface area (Å²) in [6.07, 6.45) is 5.20. The molecule has 7 aliphatic rings. The van der Waals surface area contributed by atoms with E-state index in [0.29, 0.717) is 42.5 Å². The Kier molecular flexibility index (Phi) is 2.99. The summed E-state index contributed by atoms with van der Waals surface area (Å²) in [6, 6.07) is 1.91. The molecule has 0 amide bonds. The molecule has 7 aliphatic heterocycles. The van der Waals surface area contributed by atoms with Gasteiger partial charge in [0.25, 0.3) is 0 Å². The SMILES string of the molecule is CN1C2CC(O)CC1C1OC12.CN1C2CC3CC1C(O3)C2O. The number of rotatable bonds is 0. The van der Waals surface area contributed by atoms with Crippen LogP contribution < -0.4 is 0 Å². The lowest BCUT2D eigenvalue weighted by Crippen LogP contribution is -2.46. The van der Waals surface area contributed by atoms with Gasteiger partial charge in [-0.15, -0.1) is 0 Å². The van der Waals surface area contributed by atoms with Crippen LogP contribution in [0.15, 0.2) is 0 Å². The van der Waals surface area contributed by atoms with Gasteiger partial charge >= 0.3 is 0 Å². The molecular weight excluding hydrogens is 284 g/mol. The van der Waals surface area contributed by atoms with E-state index >= 15 is 0 Å². The van der Waals surface area contributed by atoms with E-state index in [1.165, 1.54) is 0 Å². The summed E-state index contributed by atoms with van der Waals surface area (Å²) in [6.45, 7) is 0. The second kappa shape index (κ2) is 4.65. The van der Waals surface area contributed by atoms with E-state index in [2.05, 4.69) is 23.9 Å². The van der Waals surface area contributed by atoms with E-state index in [1.54, 1.807) is 0 Å². The Labute approximate surface area is 131 Å². The third-order valence-corrected chi connectivity index (χ3v) is 6.91. The second-order valence-corrected chi connectivity index (χ2v) is 7.98. The molecule has 0 aromatic carbocycles. The van der Waals surface area contributed by atoms with Crippen molar-refractivity contribution in [2.24, 2.45) is 0 Å². The van der Waals surface area contributed by atoms with Gasteiger partial charge < -0.3 is 19.7 Å². The Bertz CT molecular complexity index is 437. The molecule has 7 fully saturated rings. The van der Waals surface area contributed by atoms with Crippen molar-refractivity contribution in [3.63, 3.8) is 0 Å². The topological polar surface area (TPSA) is 68.7 Å². The number of morpholine rings is 1. The zero-order valence-electron chi connectivity index (χ0n) is 13.2. The number of likely N-dealkylation sites (N-methyl/N-ethyl adjacent to an activating group) is 2. The van der Waals surface area contributed by atoms with Gasteiger partial charge in [0.1, 0.15) is 18.3 Å². The van der Waals surface area contributed by atoms with Crippen molar-refractivity contribution in [2.45, 2.75) is 86.5 Å². The lowest BCUT2D eigenvalue weighted by Gasteiger charge is -2.36. The smallest absolute Gasteiger partial charge is 0.101 e. The average Bonchev–Trinajstić information content (AvgIpc) is 3.14. The number of piperidine rings is 2. The highest BCUT2D eigenvalue weighted by Crippen LogP contribution is 2.47. The van der Waals surface area contributed by atoms with Gasteiger partial charge in [-0.25, -0.2) is 0 Å². The molecule has 7 heterocycles. The van der Waals surface area contributed by atoms with Crippen molar-refractivity contribution < 1.29 is 19.7 Å². The highest BCUT2D eigenvalue weighted by atomic mass is 16.6. The van der Waals surface area contributed by atoms with Crippen molar-refractivity contribution >= 4 is 0 Å². The van der Waals surface area contributed by atoms with E-state index in [9.17, 15) is 10.2 Å². The van der Waals surface area contributed by atoms with E-state index < -0.39 is 0 Å². The fourth-order valence-electron chi connectivity index (χ4n) is 5.63. The molecule has 0 radical (unpaired) electrons. The Balaban J connectivity index is 0.000000102. The van der Waals surface area contributed by atoms with Crippen LogP contribution in [0.3, 0.4) is 0 Å². The molecular formula is C16H26N2O4. The molecule has 0 aliphatic carbocycles. The Morgan fingerprint density at radius 3 is 1.86 bits per heavy atom. The molecule has 124 valence electrons. The quantitative estimate of drug-likeness (QED) is 0.570. The fourth-order valence-corrected chi connectivity index (χ4v) is 5.63. The Morgan fingerprint density at radius 2 is 1.27 bits per heavy atom. The van der Waals surface area contributed by atoms with Gasteiger partial charge in [-0.3, -0.25) is 9.80 Å². The summed E-state index contributed by atoms with van der Waals surface area (Å²) in [5.74, 6) is 0. The first-order valence-corrected chi connectivity index (χ1v) is 8.65. The standard InChI is InChI=1S/2C8H13NO2/c1-9-5-2-4-3-6(9)8(11-4)7(5)10;1-9-5-2-4(10)3-6(9)8-7(5)11-8/h2*4-8,10H,2-3H2,1H3. The van der Waals surface area contributed by atoms with Crippen LogP contribution in [0.2, 0.25) is 0 Å². The lowest BCUT2D eigenvalue weighted by molar-refractivity contribution is -0.0758. The molecule has 0 aromatic heterocycles.